The molecule has 0 fully saturated rings. The van der Waals surface area contributed by atoms with Crippen molar-refractivity contribution in [3.05, 3.63) is 41.3 Å². The summed E-state index contributed by atoms with van der Waals surface area (Å²) >= 11 is 7.52. The maximum atomic E-state index is 13.0. The molecule has 22 heavy (non-hydrogen) atoms. The zero-order valence-electron chi connectivity index (χ0n) is 11.2. The molecular weight excluding hydrogens is 327 g/mol. The Balaban J connectivity index is 1.88. The number of halogens is 2. The van der Waals surface area contributed by atoms with Crippen LogP contribution in [0.2, 0.25) is 5.02 Å². The summed E-state index contributed by atoms with van der Waals surface area (Å²) in [5, 5.41) is 18.0. The number of hydrogen-bond acceptors (Lipinski definition) is 5. The summed E-state index contributed by atoms with van der Waals surface area (Å²) in [6.45, 7) is 0. The first-order valence-corrected chi connectivity index (χ1v) is 7.49. The van der Waals surface area contributed by atoms with Crippen molar-refractivity contribution in [2.45, 2.75) is 0 Å². The van der Waals surface area contributed by atoms with E-state index in [1.165, 1.54) is 23.5 Å². The summed E-state index contributed by atoms with van der Waals surface area (Å²) in [5.74, 6) is 0.235. The van der Waals surface area contributed by atoms with Crippen molar-refractivity contribution in [2.75, 3.05) is 0 Å². The molecule has 0 aliphatic rings. The number of nitrogens with zero attached hydrogens (tertiary/aromatic N) is 6. The van der Waals surface area contributed by atoms with E-state index in [0.29, 0.717) is 21.5 Å². The van der Waals surface area contributed by atoms with Crippen molar-refractivity contribution in [1.82, 2.24) is 29.6 Å². The average molecular weight is 335 g/mol. The molecule has 4 rings (SSSR count). The van der Waals surface area contributed by atoms with Crippen molar-refractivity contribution < 1.29 is 4.39 Å². The monoisotopic (exact) mass is 334 g/mol. The van der Waals surface area contributed by atoms with E-state index in [1.54, 1.807) is 34.6 Å². The van der Waals surface area contributed by atoms with Crippen molar-refractivity contribution in [3.8, 4) is 22.1 Å². The normalized spacial score (nSPS) is 11.4. The molecule has 0 aliphatic carbocycles. The van der Waals surface area contributed by atoms with Gasteiger partial charge in [0.2, 0.25) is 10.8 Å². The maximum Gasteiger partial charge on any atom is 0.235 e. The van der Waals surface area contributed by atoms with Gasteiger partial charge in [0.05, 0.1) is 11.2 Å². The Morgan fingerprint density at radius 2 is 1.95 bits per heavy atom. The molecule has 0 aliphatic heterocycles. The van der Waals surface area contributed by atoms with Gasteiger partial charge in [0, 0.05) is 12.6 Å². The Kier molecular flexibility index (Phi) is 2.95. The zero-order chi connectivity index (χ0) is 15.3. The topological polar surface area (TPSA) is 60.9 Å². The third kappa shape index (κ3) is 1.99. The van der Waals surface area contributed by atoms with Crippen molar-refractivity contribution in [3.63, 3.8) is 0 Å². The van der Waals surface area contributed by atoms with E-state index in [4.69, 9.17) is 11.6 Å². The summed E-state index contributed by atoms with van der Waals surface area (Å²) in [4.78, 5) is 0.631. The lowest BCUT2D eigenvalue weighted by molar-refractivity contribution is 0.628. The summed E-state index contributed by atoms with van der Waals surface area (Å²) in [6, 6.07) is 6.16. The number of aromatic nitrogens is 6. The van der Waals surface area contributed by atoms with Crippen LogP contribution in [0.3, 0.4) is 0 Å². The van der Waals surface area contributed by atoms with E-state index < -0.39 is 0 Å². The largest absolute Gasteiger partial charge is 0.263 e. The van der Waals surface area contributed by atoms with Crippen LogP contribution < -0.4 is 0 Å². The van der Waals surface area contributed by atoms with Crippen LogP contribution in [0.1, 0.15) is 0 Å². The SMILES string of the molecule is Cn1ncc(Cl)c1-c1nnc2sc(-c3ccc(F)cc3)nn12. The number of aryl methyl sites for hydroxylation is 1. The van der Waals surface area contributed by atoms with E-state index in [1.807, 2.05) is 0 Å². The third-order valence-corrected chi connectivity index (χ3v) is 4.41. The summed E-state index contributed by atoms with van der Waals surface area (Å²) in [5.41, 5.74) is 1.46. The van der Waals surface area contributed by atoms with Gasteiger partial charge in [-0.2, -0.15) is 14.7 Å². The van der Waals surface area contributed by atoms with E-state index in [0.717, 1.165) is 10.6 Å². The van der Waals surface area contributed by atoms with Crippen LogP contribution in [0.4, 0.5) is 4.39 Å². The van der Waals surface area contributed by atoms with E-state index >= 15 is 0 Å². The van der Waals surface area contributed by atoms with Gasteiger partial charge < -0.3 is 0 Å². The minimum absolute atomic E-state index is 0.283. The van der Waals surface area contributed by atoms with Crippen LogP contribution in [0, 0.1) is 5.82 Å². The maximum absolute atomic E-state index is 13.0. The molecule has 0 radical (unpaired) electrons. The Bertz CT molecular complexity index is 951. The Morgan fingerprint density at radius 1 is 1.18 bits per heavy atom. The number of fused-ring (bicyclic) bond motifs is 1. The van der Waals surface area contributed by atoms with Gasteiger partial charge in [0.1, 0.15) is 16.5 Å². The van der Waals surface area contributed by atoms with Crippen LogP contribution in [-0.2, 0) is 7.05 Å². The Hall–Kier alpha value is -2.32. The van der Waals surface area contributed by atoms with E-state index in [9.17, 15) is 4.39 Å². The summed E-state index contributed by atoms with van der Waals surface area (Å²) in [7, 11) is 1.77. The lowest BCUT2D eigenvalue weighted by Crippen LogP contribution is -1.99. The van der Waals surface area contributed by atoms with Gasteiger partial charge in [0.15, 0.2) is 0 Å². The minimum Gasteiger partial charge on any atom is -0.263 e. The lowest BCUT2D eigenvalue weighted by atomic mass is 10.2. The molecule has 0 saturated heterocycles. The molecule has 0 amide bonds. The van der Waals surface area contributed by atoms with Crippen LogP contribution >= 0.6 is 22.9 Å². The third-order valence-electron chi connectivity index (χ3n) is 3.19. The van der Waals surface area contributed by atoms with Crippen LogP contribution in [0.5, 0.6) is 0 Å². The number of hydrogen-bond donors (Lipinski definition) is 0. The van der Waals surface area contributed by atoms with Gasteiger partial charge >= 0.3 is 0 Å². The molecule has 0 N–H and O–H groups in total. The molecule has 0 atom stereocenters. The molecule has 9 heteroatoms. The van der Waals surface area contributed by atoms with Gasteiger partial charge in [-0.05, 0) is 24.3 Å². The number of rotatable bonds is 2. The molecule has 3 heterocycles. The second-order valence-corrected chi connectivity index (χ2v) is 5.96. The fourth-order valence-corrected chi connectivity index (χ4v) is 3.23. The molecule has 0 spiro atoms. The van der Waals surface area contributed by atoms with Crippen molar-refractivity contribution in [2.24, 2.45) is 7.05 Å². The lowest BCUT2D eigenvalue weighted by Gasteiger charge is -1.98. The van der Waals surface area contributed by atoms with Crippen LogP contribution in [0.25, 0.3) is 27.1 Å². The molecule has 0 bridgehead atoms. The van der Waals surface area contributed by atoms with Gasteiger partial charge in [-0.15, -0.1) is 10.2 Å². The highest BCUT2D eigenvalue weighted by molar-refractivity contribution is 7.19. The van der Waals surface area contributed by atoms with Gasteiger partial charge in [-0.1, -0.05) is 22.9 Å². The fraction of sp³-hybridized carbons (Fsp3) is 0.0769. The first-order chi connectivity index (χ1) is 10.6. The Morgan fingerprint density at radius 3 is 2.64 bits per heavy atom. The summed E-state index contributed by atoms with van der Waals surface area (Å²) < 4.78 is 16.3. The predicted octanol–water partition coefficient (Wildman–Crippen LogP) is 3.05. The van der Waals surface area contributed by atoms with E-state index in [2.05, 4.69) is 20.4 Å². The van der Waals surface area contributed by atoms with Crippen LogP contribution in [-0.4, -0.2) is 29.6 Å². The molecule has 4 aromatic rings. The summed E-state index contributed by atoms with van der Waals surface area (Å²) in [6.07, 6.45) is 1.55. The highest BCUT2D eigenvalue weighted by Gasteiger charge is 2.19. The second-order valence-electron chi connectivity index (χ2n) is 4.60. The highest BCUT2D eigenvalue weighted by atomic mass is 35.5. The molecule has 6 nitrogen and oxygen atoms in total. The highest BCUT2D eigenvalue weighted by Crippen LogP contribution is 2.30. The quantitative estimate of drug-likeness (QED) is 0.565. The van der Waals surface area contributed by atoms with Gasteiger partial charge in [0.25, 0.3) is 0 Å². The van der Waals surface area contributed by atoms with Crippen molar-refractivity contribution >= 4 is 27.9 Å². The average Bonchev–Trinajstić information content (AvgIpc) is 3.16. The first kappa shape index (κ1) is 13.4. The van der Waals surface area contributed by atoms with Gasteiger partial charge in [-0.25, -0.2) is 4.39 Å². The molecule has 3 aromatic heterocycles. The standard InChI is InChI=1S/C13H8ClFN6S/c1-20-10(9(14)6-16-20)11-17-18-13-21(11)19-12(22-13)7-2-4-8(15)5-3-7/h2-6H,1H3. The first-order valence-electron chi connectivity index (χ1n) is 6.29. The van der Waals surface area contributed by atoms with Crippen molar-refractivity contribution in [1.29, 1.82) is 0 Å². The second kappa shape index (κ2) is 4.85. The molecule has 0 unspecified atom stereocenters. The number of benzene rings is 1. The Labute approximate surface area is 132 Å². The minimum atomic E-state index is -0.283. The predicted molar refractivity (Wildman–Crippen MR) is 81.3 cm³/mol. The molecule has 1 aromatic carbocycles. The van der Waals surface area contributed by atoms with Crippen LogP contribution in [0.15, 0.2) is 30.5 Å². The smallest absolute Gasteiger partial charge is 0.235 e. The molecule has 0 saturated carbocycles. The molecule has 110 valence electrons. The fourth-order valence-electron chi connectivity index (χ4n) is 2.14. The molecular formula is C13H8ClFN6S. The van der Waals surface area contributed by atoms with E-state index in [-0.39, 0.29) is 5.82 Å². The zero-order valence-corrected chi connectivity index (χ0v) is 12.8. The van der Waals surface area contributed by atoms with Gasteiger partial charge in [-0.3, -0.25) is 4.68 Å².